The number of benzene rings is 2. The van der Waals surface area contributed by atoms with E-state index in [4.69, 9.17) is 0 Å². The minimum Gasteiger partial charge on any atom is -0.326 e. The van der Waals surface area contributed by atoms with Crippen LogP contribution in [0.2, 0.25) is 0 Å². The Hall–Kier alpha value is -2.27. The Labute approximate surface area is 178 Å². The van der Waals surface area contributed by atoms with Gasteiger partial charge in [-0.1, -0.05) is 45.9 Å². The zero-order valence-corrected chi connectivity index (χ0v) is 19.1. The molecule has 0 fully saturated rings. The minimum absolute atomic E-state index is 0.000595. The summed E-state index contributed by atoms with van der Waals surface area (Å²) >= 11 is 1.52. The van der Waals surface area contributed by atoms with Gasteiger partial charge in [0.05, 0.1) is 5.25 Å². The summed E-state index contributed by atoms with van der Waals surface area (Å²) in [4.78, 5) is 26.0. The molecule has 0 aromatic heterocycles. The van der Waals surface area contributed by atoms with Gasteiger partial charge < -0.3 is 10.6 Å². The number of hydrogen-bond acceptors (Lipinski definition) is 3. The molecule has 0 bridgehead atoms. The lowest BCUT2D eigenvalue weighted by Gasteiger charge is -2.18. The number of nitrogens with one attached hydrogen (secondary N) is 2. The number of aryl methyl sites for hydroxylation is 1. The topological polar surface area (TPSA) is 58.2 Å². The van der Waals surface area contributed by atoms with Gasteiger partial charge in [-0.05, 0) is 61.1 Å². The van der Waals surface area contributed by atoms with Crippen molar-refractivity contribution in [3.63, 3.8) is 0 Å². The average Bonchev–Trinajstić information content (AvgIpc) is 2.62. The van der Waals surface area contributed by atoms with Crippen LogP contribution in [0.5, 0.6) is 0 Å². The molecule has 0 saturated carbocycles. The Morgan fingerprint density at radius 1 is 1.03 bits per heavy atom. The second-order valence-electron chi connectivity index (χ2n) is 8.56. The number of carbonyl (C=O) groups is 2. The normalized spacial score (nSPS) is 12.3. The second kappa shape index (κ2) is 9.97. The largest absolute Gasteiger partial charge is 0.326 e. The van der Waals surface area contributed by atoms with Crippen molar-refractivity contribution >= 4 is 35.0 Å². The standard InChI is InChI=1S/C24H32N2O2S/c1-7-21(23(28)26-20-13-8-10-16(2)17(20)3)29-19-12-9-11-18(14-19)25-22(27)15-24(4,5)6/h8-14,21H,7,15H2,1-6H3,(H,25,27)(H,26,28). The van der Waals surface area contributed by atoms with Crippen LogP contribution in [0.25, 0.3) is 0 Å². The van der Waals surface area contributed by atoms with Crippen molar-refractivity contribution in [3.05, 3.63) is 53.6 Å². The molecule has 1 atom stereocenters. The fraction of sp³-hybridized carbons (Fsp3) is 0.417. The molecule has 0 aliphatic carbocycles. The van der Waals surface area contributed by atoms with E-state index in [-0.39, 0.29) is 22.5 Å². The molecule has 2 aromatic carbocycles. The monoisotopic (exact) mass is 412 g/mol. The molecular formula is C24H32N2O2S. The lowest BCUT2D eigenvalue weighted by atomic mass is 9.92. The van der Waals surface area contributed by atoms with Crippen molar-refractivity contribution in [3.8, 4) is 0 Å². The fourth-order valence-electron chi connectivity index (χ4n) is 2.92. The molecule has 0 aliphatic rings. The highest BCUT2D eigenvalue weighted by Gasteiger charge is 2.20. The summed E-state index contributed by atoms with van der Waals surface area (Å²) in [6, 6.07) is 13.6. The van der Waals surface area contributed by atoms with Gasteiger partial charge in [0.1, 0.15) is 0 Å². The molecule has 2 N–H and O–H groups in total. The van der Waals surface area contributed by atoms with Gasteiger partial charge >= 0.3 is 0 Å². The van der Waals surface area contributed by atoms with Crippen LogP contribution in [-0.2, 0) is 9.59 Å². The van der Waals surface area contributed by atoms with Gasteiger partial charge in [-0.2, -0.15) is 0 Å². The zero-order valence-electron chi connectivity index (χ0n) is 18.3. The third-order valence-electron chi connectivity index (χ3n) is 4.61. The number of amides is 2. The molecule has 2 aromatic rings. The number of thioether (sulfide) groups is 1. The van der Waals surface area contributed by atoms with E-state index < -0.39 is 0 Å². The Bertz CT molecular complexity index is 871. The van der Waals surface area contributed by atoms with E-state index in [1.165, 1.54) is 11.8 Å². The summed E-state index contributed by atoms with van der Waals surface area (Å²) in [7, 11) is 0. The molecular weight excluding hydrogens is 380 g/mol. The first-order valence-corrected chi connectivity index (χ1v) is 10.9. The van der Waals surface area contributed by atoms with E-state index in [9.17, 15) is 9.59 Å². The summed E-state index contributed by atoms with van der Waals surface area (Å²) < 4.78 is 0. The van der Waals surface area contributed by atoms with Gasteiger partial charge in [0, 0.05) is 22.7 Å². The molecule has 0 spiro atoms. The third-order valence-corrected chi connectivity index (χ3v) is 5.97. The van der Waals surface area contributed by atoms with E-state index >= 15 is 0 Å². The first kappa shape index (κ1) is 23.0. The molecule has 4 nitrogen and oxygen atoms in total. The maximum absolute atomic E-state index is 12.8. The van der Waals surface area contributed by atoms with Gasteiger partial charge in [0.2, 0.25) is 11.8 Å². The summed E-state index contributed by atoms with van der Waals surface area (Å²) in [5.41, 5.74) is 3.80. The Morgan fingerprint density at radius 2 is 1.72 bits per heavy atom. The highest BCUT2D eigenvalue weighted by atomic mass is 32.2. The first-order chi connectivity index (χ1) is 13.6. The van der Waals surface area contributed by atoms with Gasteiger partial charge in [0.15, 0.2) is 0 Å². The second-order valence-corrected chi connectivity index (χ2v) is 9.84. The smallest absolute Gasteiger partial charge is 0.237 e. The van der Waals surface area contributed by atoms with Crippen molar-refractivity contribution in [2.75, 3.05) is 10.6 Å². The summed E-state index contributed by atoms with van der Waals surface area (Å²) in [6.07, 6.45) is 1.17. The molecule has 0 radical (unpaired) electrons. The minimum atomic E-state index is -0.213. The van der Waals surface area contributed by atoms with Gasteiger partial charge in [0.25, 0.3) is 0 Å². The molecule has 5 heteroatoms. The van der Waals surface area contributed by atoms with E-state index in [0.717, 1.165) is 27.4 Å². The summed E-state index contributed by atoms with van der Waals surface area (Å²) in [5, 5.41) is 5.81. The SMILES string of the molecule is CCC(Sc1cccc(NC(=O)CC(C)(C)C)c1)C(=O)Nc1cccc(C)c1C. The third kappa shape index (κ3) is 7.24. The van der Waals surface area contributed by atoms with Crippen molar-refractivity contribution in [1.82, 2.24) is 0 Å². The van der Waals surface area contributed by atoms with Crippen molar-refractivity contribution in [2.45, 2.75) is 64.5 Å². The van der Waals surface area contributed by atoms with Crippen LogP contribution in [-0.4, -0.2) is 17.1 Å². The lowest BCUT2D eigenvalue weighted by Crippen LogP contribution is -2.25. The van der Waals surface area contributed by atoms with Crippen LogP contribution in [0.4, 0.5) is 11.4 Å². The molecule has 0 saturated heterocycles. The zero-order chi connectivity index (χ0) is 21.6. The Kier molecular flexibility index (Phi) is 7.91. The Balaban J connectivity index is 2.05. The average molecular weight is 413 g/mol. The molecule has 2 amide bonds. The molecule has 2 rings (SSSR count). The van der Waals surface area contributed by atoms with E-state index in [1.807, 2.05) is 84.0 Å². The highest BCUT2D eigenvalue weighted by Crippen LogP contribution is 2.29. The van der Waals surface area contributed by atoms with Crippen LogP contribution in [0.1, 0.15) is 51.7 Å². The molecule has 156 valence electrons. The van der Waals surface area contributed by atoms with Crippen LogP contribution < -0.4 is 10.6 Å². The number of anilines is 2. The predicted molar refractivity (Wildman–Crippen MR) is 124 cm³/mol. The molecule has 0 aliphatic heterocycles. The van der Waals surface area contributed by atoms with Crippen molar-refractivity contribution < 1.29 is 9.59 Å². The number of carbonyl (C=O) groups excluding carboxylic acids is 2. The lowest BCUT2D eigenvalue weighted by molar-refractivity contribution is -0.118. The first-order valence-electron chi connectivity index (χ1n) is 10.0. The van der Waals surface area contributed by atoms with E-state index in [1.54, 1.807) is 0 Å². The van der Waals surface area contributed by atoms with Crippen LogP contribution in [0, 0.1) is 19.3 Å². The molecule has 0 heterocycles. The van der Waals surface area contributed by atoms with Crippen molar-refractivity contribution in [2.24, 2.45) is 5.41 Å². The Morgan fingerprint density at radius 3 is 2.38 bits per heavy atom. The van der Waals surface area contributed by atoms with E-state index in [2.05, 4.69) is 10.6 Å². The molecule has 1 unspecified atom stereocenters. The quantitative estimate of drug-likeness (QED) is 0.533. The van der Waals surface area contributed by atoms with Gasteiger partial charge in [-0.25, -0.2) is 0 Å². The predicted octanol–water partition coefficient (Wildman–Crippen LogP) is 6.19. The summed E-state index contributed by atoms with van der Waals surface area (Å²) in [6.45, 7) is 12.2. The van der Waals surface area contributed by atoms with E-state index in [0.29, 0.717) is 12.8 Å². The van der Waals surface area contributed by atoms with Crippen molar-refractivity contribution in [1.29, 1.82) is 0 Å². The fourth-order valence-corrected chi connectivity index (χ4v) is 3.93. The van der Waals surface area contributed by atoms with Gasteiger partial charge in [-0.3, -0.25) is 9.59 Å². The van der Waals surface area contributed by atoms with Crippen LogP contribution >= 0.6 is 11.8 Å². The van der Waals surface area contributed by atoms with Gasteiger partial charge in [-0.15, -0.1) is 11.8 Å². The maximum atomic E-state index is 12.8. The maximum Gasteiger partial charge on any atom is 0.237 e. The molecule has 29 heavy (non-hydrogen) atoms. The highest BCUT2D eigenvalue weighted by molar-refractivity contribution is 8.00. The van der Waals surface area contributed by atoms with Crippen LogP contribution in [0.15, 0.2) is 47.4 Å². The number of rotatable bonds is 7. The number of hydrogen-bond donors (Lipinski definition) is 2. The summed E-state index contributed by atoms with van der Waals surface area (Å²) in [5.74, 6) is -0.00673. The van der Waals surface area contributed by atoms with Crippen LogP contribution in [0.3, 0.4) is 0 Å².